The maximum Gasteiger partial charge on any atom is 0.119 e. The van der Waals surface area contributed by atoms with E-state index in [-0.39, 0.29) is 0 Å². The first kappa shape index (κ1) is 14.5. The van der Waals surface area contributed by atoms with Gasteiger partial charge in [0.25, 0.3) is 0 Å². The topological polar surface area (TPSA) is 0 Å². The Morgan fingerprint density at radius 3 is 2.33 bits per heavy atom. The summed E-state index contributed by atoms with van der Waals surface area (Å²) in [5, 5.41) is 0. The quantitative estimate of drug-likeness (QED) is 0.342. The van der Waals surface area contributed by atoms with Crippen molar-refractivity contribution in [2.45, 2.75) is 20.3 Å². The summed E-state index contributed by atoms with van der Waals surface area (Å²) in [4.78, 5) is 0. The first-order valence-corrected chi connectivity index (χ1v) is 6.45. The van der Waals surface area contributed by atoms with E-state index in [1.165, 1.54) is 0 Å². The van der Waals surface area contributed by atoms with Crippen LogP contribution in [0, 0.1) is 5.92 Å². The SMILES string of the molecule is C=C(F)/C=C(/CPCCC(C)C)C(=C)F. The molecule has 0 heterocycles. The van der Waals surface area contributed by atoms with Gasteiger partial charge in [0.1, 0.15) is 11.7 Å². The Morgan fingerprint density at radius 2 is 1.93 bits per heavy atom. The minimum absolute atomic E-state index is 0.338. The summed E-state index contributed by atoms with van der Waals surface area (Å²) in [5.74, 6) is -0.502. The zero-order valence-electron chi connectivity index (χ0n) is 9.45. The van der Waals surface area contributed by atoms with E-state index in [0.29, 0.717) is 26.2 Å². The van der Waals surface area contributed by atoms with Crippen LogP contribution in [0.15, 0.2) is 36.5 Å². The number of hydrogen-bond acceptors (Lipinski definition) is 0. The van der Waals surface area contributed by atoms with E-state index in [2.05, 4.69) is 27.0 Å². The molecule has 0 N–H and O–H groups in total. The molecule has 0 radical (unpaired) electrons. The average Bonchev–Trinajstić information content (AvgIpc) is 2.08. The van der Waals surface area contributed by atoms with Crippen LogP contribution in [0.1, 0.15) is 20.3 Å². The van der Waals surface area contributed by atoms with Crippen LogP contribution < -0.4 is 0 Å². The van der Waals surface area contributed by atoms with Gasteiger partial charge < -0.3 is 0 Å². The second kappa shape index (κ2) is 7.76. The molecule has 3 heteroatoms. The highest BCUT2D eigenvalue weighted by molar-refractivity contribution is 7.38. The molecular weight excluding hydrogens is 213 g/mol. The highest BCUT2D eigenvalue weighted by atomic mass is 31.1. The molecule has 0 fully saturated rings. The highest BCUT2D eigenvalue weighted by Crippen LogP contribution is 2.23. The minimum atomic E-state index is -0.613. The fourth-order valence-corrected chi connectivity index (χ4v) is 2.55. The fourth-order valence-electron chi connectivity index (χ4n) is 1.03. The molecule has 0 saturated heterocycles. The third-order valence-electron chi connectivity index (χ3n) is 1.89. The smallest absolute Gasteiger partial charge is 0.119 e. The summed E-state index contributed by atoms with van der Waals surface area (Å²) in [6.45, 7) is 10.6. The maximum atomic E-state index is 12.8. The minimum Gasteiger partial charge on any atom is -0.208 e. The van der Waals surface area contributed by atoms with Gasteiger partial charge in [-0.25, -0.2) is 8.78 Å². The first-order chi connectivity index (χ1) is 6.93. The van der Waals surface area contributed by atoms with Gasteiger partial charge in [0.05, 0.1) is 0 Å². The van der Waals surface area contributed by atoms with Crippen LogP contribution in [0.25, 0.3) is 0 Å². The molecule has 0 rings (SSSR count). The summed E-state index contributed by atoms with van der Waals surface area (Å²) >= 11 is 0. The van der Waals surface area contributed by atoms with E-state index < -0.39 is 11.7 Å². The van der Waals surface area contributed by atoms with Crippen molar-refractivity contribution in [3.8, 4) is 0 Å². The fraction of sp³-hybridized carbons (Fsp3) is 0.500. The first-order valence-electron chi connectivity index (χ1n) is 5.04. The Bertz CT molecular complexity index is 254. The second-order valence-electron chi connectivity index (χ2n) is 3.88. The van der Waals surface area contributed by atoms with Crippen LogP contribution in [-0.2, 0) is 0 Å². The molecule has 0 bridgehead atoms. The average molecular weight is 232 g/mol. The molecule has 0 spiro atoms. The predicted octanol–water partition coefficient (Wildman–Crippen LogP) is 4.60. The summed E-state index contributed by atoms with van der Waals surface area (Å²) < 4.78 is 25.3. The molecule has 0 aromatic carbocycles. The molecule has 86 valence electrons. The zero-order valence-corrected chi connectivity index (χ0v) is 10.4. The van der Waals surface area contributed by atoms with Gasteiger partial charge in [0, 0.05) is 0 Å². The van der Waals surface area contributed by atoms with Gasteiger partial charge in [-0.15, -0.1) is 8.58 Å². The van der Waals surface area contributed by atoms with Crippen LogP contribution in [0.3, 0.4) is 0 Å². The molecule has 0 aromatic heterocycles. The van der Waals surface area contributed by atoms with Crippen LogP contribution in [0.2, 0.25) is 0 Å². The van der Waals surface area contributed by atoms with Crippen molar-refractivity contribution in [1.29, 1.82) is 0 Å². The normalized spacial score (nSPS) is 12.7. The van der Waals surface area contributed by atoms with Gasteiger partial charge in [0.2, 0.25) is 0 Å². The largest absolute Gasteiger partial charge is 0.208 e. The van der Waals surface area contributed by atoms with E-state index in [9.17, 15) is 8.78 Å². The van der Waals surface area contributed by atoms with E-state index in [1.807, 2.05) is 0 Å². The summed E-state index contributed by atoms with van der Waals surface area (Å²) in [6, 6.07) is 0. The van der Waals surface area contributed by atoms with Gasteiger partial charge in [-0.3, -0.25) is 0 Å². The standard InChI is InChI=1S/C12H19F2P/c1-9(2)5-6-15-8-12(11(4)14)7-10(3)13/h7,9,15H,3-6,8H2,1-2H3/b12-7-. The molecule has 15 heavy (non-hydrogen) atoms. The Hall–Kier alpha value is -0.490. The lowest BCUT2D eigenvalue weighted by Crippen LogP contribution is -1.92. The van der Waals surface area contributed by atoms with Gasteiger partial charge in [0.15, 0.2) is 0 Å². The molecule has 1 unspecified atom stereocenters. The third-order valence-corrected chi connectivity index (χ3v) is 3.17. The third kappa shape index (κ3) is 8.50. The molecule has 0 aliphatic carbocycles. The van der Waals surface area contributed by atoms with Crippen molar-refractivity contribution in [3.05, 3.63) is 36.5 Å². The van der Waals surface area contributed by atoms with Crippen molar-refractivity contribution >= 4 is 8.58 Å². The Labute approximate surface area is 92.9 Å². The lowest BCUT2D eigenvalue weighted by molar-refractivity contribution is 0.630. The summed E-state index contributed by atoms with van der Waals surface area (Å²) in [6.07, 6.45) is 3.87. The molecule has 0 aromatic rings. The molecule has 0 amide bonds. The molecule has 0 nitrogen and oxygen atoms in total. The van der Waals surface area contributed by atoms with Crippen molar-refractivity contribution < 1.29 is 8.78 Å². The molecule has 0 aliphatic rings. The monoisotopic (exact) mass is 232 g/mol. The number of rotatable bonds is 7. The maximum absolute atomic E-state index is 12.8. The number of halogens is 2. The predicted molar refractivity (Wildman–Crippen MR) is 66.1 cm³/mol. The van der Waals surface area contributed by atoms with Crippen LogP contribution in [0.4, 0.5) is 8.78 Å². The molecular formula is C12H19F2P. The zero-order chi connectivity index (χ0) is 11.8. The van der Waals surface area contributed by atoms with E-state index >= 15 is 0 Å². The molecule has 0 saturated carbocycles. The molecule has 0 aliphatic heterocycles. The van der Waals surface area contributed by atoms with Crippen molar-refractivity contribution in [3.63, 3.8) is 0 Å². The van der Waals surface area contributed by atoms with E-state index in [0.717, 1.165) is 18.7 Å². The van der Waals surface area contributed by atoms with Gasteiger partial charge in [-0.1, -0.05) is 27.0 Å². The second-order valence-corrected chi connectivity index (χ2v) is 5.23. The lowest BCUT2D eigenvalue weighted by atomic mass is 10.2. The van der Waals surface area contributed by atoms with Crippen LogP contribution in [0.5, 0.6) is 0 Å². The molecule has 1 atom stereocenters. The van der Waals surface area contributed by atoms with Gasteiger partial charge in [-0.2, -0.15) is 0 Å². The number of allylic oxidation sites excluding steroid dienone is 4. The van der Waals surface area contributed by atoms with E-state index in [1.54, 1.807) is 0 Å². The van der Waals surface area contributed by atoms with Crippen molar-refractivity contribution in [1.82, 2.24) is 0 Å². The van der Waals surface area contributed by atoms with Crippen molar-refractivity contribution in [2.75, 3.05) is 12.3 Å². The van der Waals surface area contributed by atoms with Crippen LogP contribution >= 0.6 is 8.58 Å². The van der Waals surface area contributed by atoms with Crippen molar-refractivity contribution in [2.24, 2.45) is 5.92 Å². The highest BCUT2D eigenvalue weighted by Gasteiger charge is 2.03. The Morgan fingerprint density at radius 1 is 1.33 bits per heavy atom. The summed E-state index contributed by atoms with van der Waals surface area (Å²) in [7, 11) is 0.621. The summed E-state index contributed by atoms with van der Waals surface area (Å²) in [5.41, 5.74) is 0.338. The van der Waals surface area contributed by atoms with Crippen LogP contribution in [-0.4, -0.2) is 12.3 Å². The van der Waals surface area contributed by atoms with Gasteiger partial charge in [-0.05, 0) is 36.3 Å². The Kier molecular flexibility index (Phi) is 7.50. The van der Waals surface area contributed by atoms with E-state index in [4.69, 9.17) is 0 Å². The van der Waals surface area contributed by atoms with Gasteiger partial charge >= 0.3 is 0 Å². The number of hydrogen-bond donors (Lipinski definition) is 0. The lowest BCUT2D eigenvalue weighted by Gasteiger charge is -2.06. The Balaban J connectivity index is 3.99.